The third-order valence-corrected chi connectivity index (χ3v) is 3.00. The van der Waals surface area contributed by atoms with E-state index in [1.165, 1.54) is 0 Å². The van der Waals surface area contributed by atoms with Gasteiger partial charge in [0.25, 0.3) is 0 Å². The molecule has 0 heterocycles. The molecule has 0 amide bonds. The molecule has 0 aliphatic heterocycles. The van der Waals surface area contributed by atoms with Crippen LogP contribution in [0.5, 0.6) is 0 Å². The first kappa shape index (κ1) is 17.6. The highest BCUT2D eigenvalue weighted by atomic mass is 35.5. The Balaban J connectivity index is 5.13. The molecule has 0 rings (SSSR count). The lowest BCUT2D eigenvalue weighted by Gasteiger charge is -2.09. The maximum atomic E-state index is 6.35. The van der Waals surface area contributed by atoms with E-state index >= 15 is 0 Å². The third kappa shape index (κ3) is 6.92. The van der Waals surface area contributed by atoms with E-state index in [1.807, 2.05) is 39.0 Å². The van der Waals surface area contributed by atoms with Crippen molar-refractivity contribution in [3.05, 3.63) is 58.0 Å². The molecular formula is C16H25ClN2. The molecule has 0 aromatic rings. The lowest BCUT2D eigenvalue weighted by Crippen LogP contribution is -2.03. The van der Waals surface area contributed by atoms with Gasteiger partial charge in [-0.1, -0.05) is 42.8 Å². The van der Waals surface area contributed by atoms with Crippen molar-refractivity contribution in [3.8, 4) is 0 Å². The fourth-order valence-corrected chi connectivity index (χ4v) is 1.88. The highest BCUT2D eigenvalue weighted by Gasteiger charge is 2.07. The largest absolute Gasteiger partial charge is 0.402 e. The standard InChI is InChI=1S/C16H25ClN2/c1-5-7-8-9-10-15(19)14(6-2)16(17)12(3)11-13(4)18/h6-8,10-11H,5,9,18-19H2,1-4H3/b8-7-,13-11+,14-6-,15-10-,16-12+. The summed E-state index contributed by atoms with van der Waals surface area (Å²) in [5.41, 5.74) is 14.9. The zero-order valence-corrected chi connectivity index (χ0v) is 13.1. The molecule has 0 bridgehead atoms. The van der Waals surface area contributed by atoms with E-state index < -0.39 is 0 Å². The first-order valence-corrected chi connectivity index (χ1v) is 6.89. The predicted molar refractivity (Wildman–Crippen MR) is 86.6 cm³/mol. The Kier molecular flexibility index (Phi) is 8.81. The average molecular weight is 281 g/mol. The zero-order valence-electron chi connectivity index (χ0n) is 12.3. The van der Waals surface area contributed by atoms with E-state index in [-0.39, 0.29) is 0 Å². The van der Waals surface area contributed by atoms with Crippen LogP contribution in [0.3, 0.4) is 0 Å². The van der Waals surface area contributed by atoms with Crippen molar-refractivity contribution in [3.63, 3.8) is 0 Å². The maximum Gasteiger partial charge on any atom is 0.0525 e. The number of hydrogen-bond donors (Lipinski definition) is 2. The van der Waals surface area contributed by atoms with Crippen molar-refractivity contribution in [1.82, 2.24) is 0 Å². The van der Waals surface area contributed by atoms with Crippen molar-refractivity contribution in [2.24, 2.45) is 11.5 Å². The summed E-state index contributed by atoms with van der Waals surface area (Å²) in [4.78, 5) is 0. The topological polar surface area (TPSA) is 52.0 Å². The first-order chi connectivity index (χ1) is 8.93. The molecule has 0 saturated heterocycles. The van der Waals surface area contributed by atoms with Crippen LogP contribution in [0, 0.1) is 0 Å². The smallest absolute Gasteiger partial charge is 0.0525 e. The van der Waals surface area contributed by atoms with Gasteiger partial charge in [0.2, 0.25) is 0 Å². The van der Waals surface area contributed by atoms with Crippen LogP contribution in [0.1, 0.15) is 40.5 Å². The second-order valence-corrected chi connectivity index (χ2v) is 4.74. The van der Waals surface area contributed by atoms with E-state index in [1.54, 1.807) is 0 Å². The van der Waals surface area contributed by atoms with E-state index in [0.29, 0.717) is 10.7 Å². The molecule has 0 aromatic carbocycles. The van der Waals surface area contributed by atoms with Crippen LogP contribution in [0.2, 0.25) is 0 Å². The van der Waals surface area contributed by atoms with E-state index in [4.69, 9.17) is 23.1 Å². The van der Waals surface area contributed by atoms with Gasteiger partial charge in [0.15, 0.2) is 0 Å². The van der Waals surface area contributed by atoms with Crippen molar-refractivity contribution in [1.29, 1.82) is 0 Å². The maximum absolute atomic E-state index is 6.35. The Bertz CT molecular complexity index is 434. The molecule has 0 fully saturated rings. The minimum atomic E-state index is 0.639. The summed E-state index contributed by atoms with van der Waals surface area (Å²) in [6, 6.07) is 0. The summed E-state index contributed by atoms with van der Waals surface area (Å²) in [6.07, 6.45) is 11.8. The molecule has 0 aliphatic carbocycles. The molecule has 4 N–H and O–H groups in total. The third-order valence-electron chi connectivity index (χ3n) is 2.50. The van der Waals surface area contributed by atoms with Gasteiger partial charge in [0.1, 0.15) is 0 Å². The van der Waals surface area contributed by atoms with Gasteiger partial charge in [-0.25, -0.2) is 0 Å². The fraction of sp³-hybridized carbons (Fsp3) is 0.375. The second-order valence-electron chi connectivity index (χ2n) is 4.36. The molecule has 19 heavy (non-hydrogen) atoms. The Morgan fingerprint density at radius 1 is 1.16 bits per heavy atom. The van der Waals surface area contributed by atoms with E-state index in [0.717, 1.165) is 29.7 Å². The number of allylic oxidation sites excluding steroid dienone is 8. The minimum absolute atomic E-state index is 0.639. The summed E-state index contributed by atoms with van der Waals surface area (Å²) in [5, 5.41) is 0.639. The van der Waals surface area contributed by atoms with Gasteiger partial charge in [-0.3, -0.25) is 0 Å². The summed E-state index contributed by atoms with van der Waals surface area (Å²) >= 11 is 6.35. The number of rotatable bonds is 6. The summed E-state index contributed by atoms with van der Waals surface area (Å²) < 4.78 is 0. The van der Waals surface area contributed by atoms with Gasteiger partial charge in [0.05, 0.1) is 5.03 Å². The predicted octanol–water partition coefficient (Wildman–Crippen LogP) is 4.51. The van der Waals surface area contributed by atoms with Gasteiger partial charge >= 0.3 is 0 Å². The zero-order chi connectivity index (χ0) is 14.8. The fourth-order valence-electron chi connectivity index (χ4n) is 1.61. The summed E-state index contributed by atoms with van der Waals surface area (Å²) in [7, 11) is 0. The van der Waals surface area contributed by atoms with Crippen LogP contribution in [-0.2, 0) is 0 Å². The lowest BCUT2D eigenvalue weighted by molar-refractivity contribution is 1.18. The average Bonchev–Trinajstić information content (AvgIpc) is 2.34. The monoisotopic (exact) mass is 280 g/mol. The molecule has 0 aromatic heterocycles. The summed E-state index contributed by atoms with van der Waals surface area (Å²) in [5.74, 6) is 0. The number of halogens is 1. The van der Waals surface area contributed by atoms with E-state index in [9.17, 15) is 0 Å². The van der Waals surface area contributed by atoms with Crippen LogP contribution < -0.4 is 11.5 Å². The van der Waals surface area contributed by atoms with Crippen LogP contribution in [0.25, 0.3) is 0 Å². The highest BCUT2D eigenvalue weighted by Crippen LogP contribution is 2.24. The van der Waals surface area contributed by atoms with Crippen molar-refractivity contribution in [2.75, 3.05) is 0 Å². The molecule has 0 spiro atoms. The normalized spacial score (nSPS) is 15.9. The Morgan fingerprint density at radius 2 is 1.79 bits per heavy atom. The number of hydrogen-bond acceptors (Lipinski definition) is 2. The van der Waals surface area contributed by atoms with Gasteiger partial charge in [-0.15, -0.1) is 0 Å². The molecule has 0 atom stereocenters. The Morgan fingerprint density at radius 3 is 2.26 bits per heavy atom. The van der Waals surface area contributed by atoms with Gasteiger partial charge < -0.3 is 11.5 Å². The van der Waals surface area contributed by atoms with Gasteiger partial charge in [0, 0.05) is 17.0 Å². The SMILES string of the molecule is C/C=C(C(/N)=C/C/C=C\CC)\C(Cl)=C(C)/C=C(\C)N. The number of nitrogens with two attached hydrogens (primary N) is 2. The highest BCUT2D eigenvalue weighted by molar-refractivity contribution is 6.33. The van der Waals surface area contributed by atoms with E-state index in [2.05, 4.69) is 19.1 Å². The van der Waals surface area contributed by atoms with Crippen LogP contribution >= 0.6 is 11.6 Å². The van der Waals surface area contributed by atoms with Crippen molar-refractivity contribution < 1.29 is 0 Å². The molecule has 2 nitrogen and oxygen atoms in total. The molecular weight excluding hydrogens is 256 g/mol. The molecule has 0 aliphatic rings. The van der Waals surface area contributed by atoms with Crippen LogP contribution in [-0.4, -0.2) is 0 Å². The van der Waals surface area contributed by atoms with Crippen LogP contribution in [0.15, 0.2) is 58.0 Å². The summed E-state index contributed by atoms with van der Waals surface area (Å²) in [6.45, 7) is 7.78. The van der Waals surface area contributed by atoms with Crippen molar-refractivity contribution in [2.45, 2.75) is 40.5 Å². The van der Waals surface area contributed by atoms with Gasteiger partial charge in [-0.05, 0) is 45.3 Å². The first-order valence-electron chi connectivity index (χ1n) is 6.51. The van der Waals surface area contributed by atoms with Gasteiger partial charge in [-0.2, -0.15) is 0 Å². The molecule has 0 unspecified atom stereocenters. The Hall–Kier alpha value is -1.41. The molecule has 3 heteroatoms. The molecule has 106 valence electrons. The minimum Gasteiger partial charge on any atom is -0.402 e. The second kappa shape index (κ2) is 9.51. The molecule has 0 saturated carbocycles. The quantitative estimate of drug-likeness (QED) is 0.556. The van der Waals surface area contributed by atoms with Crippen molar-refractivity contribution >= 4 is 11.6 Å². The Labute approximate surface area is 122 Å². The lowest BCUT2D eigenvalue weighted by atomic mass is 10.1. The van der Waals surface area contributed by atoms with Crippen LogP contribution in [0.4, 0.5) is 0 Å². The molecule has 0 radical (unpaired) electrons.